The highest BCUT2D eigenvalue weighted by Crippen LogP contribution is 2.12. The van der Waals surface area contributed by atoms with Gasteiger partial charge in [-0.1, -0.05) is 17.7 Å². The molecule has 2 rings (SSSR count). The van der Waals surface area contributed by atoms with Crippen molar-refractivity contribution >= 4 is 18.6 Å². The van der Waals surface area contributed by atoms with Crippen LogP contribution >= 0.6 is 0 Å². The number of carbonyl (C=O) groups excluding carboxylic acids is 1. The molecule has 0 atom stereocenters. The number of nitrogens with one attached hydrogen (secondary N) is 2. The van der Waals surface area contributed by atoms with Gasteiger partial charge in [-0.15, -0.1) is 5.10 Å². The molecule has 23 heavy (non-hydrogen) atoms. The van der Waals surface area contributed by atoms with Crippen molar-refractivity contribution in [2.75, 3.05) is 5.32 Å². The van der Waals surface area contributed by atoms with E-state index in [0.29, 0.717) is 11.5 Å². The Balaban J connectivity index is 1.96. The van der Waals surface area contributed by atoms with E-state index >= 15 is 0 Å². The molecule has 1 amide bonds. The van der Waals surface area contributed by atoms with Crippen molar-refractivity contribution in [2.45, 2.75) is 20.3 Å². The van der Waals surface area contributed by atoms with Crippen LogP contribution in [-0.4, -0.2) is 32.8 Å². The lowest BCUT2D eigenvalue weighted by atomic mass is 10.2. The van der Waals surface area contributed by atoms with E-state index in [1.165, 1.54) is 0 Å². The molecule has 0 aromatic carbocycles. The molecule has 2 aromatic heterocycles. The zero-order chi connectivity index (χ0) is 16.7. The van der Waals surface area contributed by atoms with Gasteiger partial charge in [0.15, 0.2) is 5.82 Å². The van der Waals surface area contributed by atoms with E-state index in [2.05, 4.69) is 37.2 Å². The fourth-order valence-electron chi connectivity index (χ4n) is 1.73. The number of anilines is 1. The van der Waals surface area contributed by atoms with E-state index in [-0.39, 0.29) is 18.3 Å². The maximum Gasteiger partial charge on any atom is 0.249 e. The van der Waals surface area contributed by atoms with Crippen LogP contribution in [0, 0.1) is 0 Å². The van der Waals surface area contributed by atoms with Crippen molar-refractivity contribution in [1.29, 1.82) is 0 Å². The number of aliphatic imine (C=N–C) groups is 1. The Bertz CT molecular complexity index is 745. The number of H-pyrrole nitrogens is 1. The maximum atomic E-state index is 12.0. The Hall–Kier alpha value is -3.09. The van der Waals surface area contributed by atoms with Crippen molar-refractivity contribution in [3.05, 3.63) is 47.8 Å². The molecule has 0 bridgehead atoms. The van der Waals surface area contributed by atoms with Crippen LogP contribution in [0.15, 0.2) is 52.8 Å². The predicted molar refractivity (Wildman–Crippen MR) is 89.9 cm³/mol. The van der Waals surface area contributed by atoms with Crippen molar-refractivity contribution in [1.82, 2.24) is 20.2 Å². The number of hydrogen-bond acceptors (Lipinski definition) is 5. The van der Waals surface area contributed by atoms with Crippen LogP contribution in [0.5, 0.6) is 0 Å². The lowest BCUT2D eigenvalue weighted by Gasteiger charge is -2.00. The number of carbonyl (C=O) groups is 1. The van der Waals surface area contributed by atoms with E-state index < -0.39 is 0 Å². The third-order valence-electron chi connectivity index (χ3n) is 2.94. The summed E-state index contributed by atoms with van der Waals surface area (Å²) >= 11 is 0. The summed E-state index contributed by atoms with van der Waals surface area (Å²) in [5.41, 5.74) is 2.35. The van der Waals surface area contributed by atoms with Crippen LogP contribution in [-0.2, 0) is 4.79 Å². The Kier molecular flexibility index (Phi) is 5.51. The Morgan fingerprint density at radius 2 is 2.22 bits per heavy atom. The van der Waals surface area contributed by atoms with Gasteiger partial charge in [-0.2, -0.15) is 4.98 Å². The van der Waals surface area contributed by atoms with Crippen LogP contribution in [0.25, 0.3) is 11.5 Å². The van der Waals surface area contributed by atoms with Crippen LogP contribution in [0.4, 0.5) is 5.95 Å². The molecular weight excluding hydrogens is 292 g/mol. The van der Waals surface area contributed by atoms with Gasteiger partial charge in [0.1, 0.15) is 5.69 Å². The SMILES string of the molecule is C=N/C(C)=C\C=C(/C)CC(=O)Nc1n[nH]c(-c2ccccn2)n1. The highest BCUT2D eigenvalue weighted by molar-refractivity contribution is 5.90. The number of aromatic nitrogens is 4. The smallest absolute Gasteiger partial charge is 0.249 e. The Labute approximate surface area is 134 Å². The van der Waals surface area contributed by atoms with E-state index in [1.54, 1.807) is 12.3 Å². The molecule has 0 aliphatic carbocycles. The van der Waals surface area contributed by atoms with Crippen molar-refractivity contribution in [3.8, 4) is 11.5 Å². The van der Waals surface area contributed by atoms with Crippen LogP contribution in [0.3, 0.4) is 0 Å². The number of nitrogens with zero attached hydrogens (tertiary/aromatic N) is 4. The second-order valence-corrected chi connectivity index (χ2v) is 4.93. The molecule has 7 heteroatoms. The molecular formula is C16H18N6O. The number of hydrogen-bond donors (Lipinski definition) is 2. The summed E-state index contributed by atoms with van der Waals surface area (Å²) in [5, 5.41) is 9.36. The van der Waals surface area contributed by atoms with Crippen molar-refractivity contribution in [3.63, 3.8) is 0 Å². The molecule has 0 aliphatic rings. The summed E-state index contributed by atoms with van der Waals surface area (Å²) in [4.78, 5) is 24.1. The quantitative estimate of drug-likeness (QED) is 0.633. The van der Waals surface area contributed by atoms with Gasteiger partial charge in [-0.25, -0.2) is 0 Å². The number of pyridine rings is 1. The molecule has 0 spiro atoms. The third-order valence-corrected chi connectivity index (χ3v) is 2.94. The standard InChI is InChI=1S/C16H18N6O/c1-11(7-8-12(2)17-3)10-14(23)19-16-20-15(21-22-16)13-6-4-5-9-18-13/h4-9H,3,10H2,1-2H3,(H2,19,20,21,22,23)/b11-7+,12-8-. The topological polar surface area (TPSA) is 95.9 Å². The van der Waals surface area contributed by atoms with Gasteiger partial charge in [0.05, 0.1) is 0 Å². The Morgan fingerprint density at radius 1 is 1.39 bits per heavy atom. The normalized spacial score (nSPS) is 12.1. The number of rotatable bonds is 6. The predicted octanol–water partition coefficient (Wildman–Crippen LogP) is 2.75. The van der Waals surface area contributed by atoms with Gasteiger partial charge < -0.3 is 0 Å². The minimum absolute atomic E-state index is 0.192. The summed E-state index contributed by atoms with van der Waals surface area (Å²) in [5.74, 6) is 0.537. The number of aromatic amines is 1. The molecule has 0 saturated carbocycles. The van der Waals surface area contributed by atoms with E-state index in [9.17, 15) is 4.79 Å². The molecule has 0 unspecified atom stereocenters. The molecule has 0 radical (unpaired) electrons. The van der Waals surface area contributed by atoms with Crippen LogP contribution < -0.4 is 5.32 Å². The van der Waals surface area contributed by atoms with Gasteiger partial charge in [0.2, 0.25) is 11.9 Å². The minimum atomic E-state index is -0.192. The zero-order valence-corrected chi connectivity index (χ0v) is 13.1. The highest BCUT2D eigenvalue weighted by Gasteiger charge is 2.09. The first-order valence-electron chi connectivity index (χ1n) is 7.03. The van der Waals surface area contributed by atoms with Crippen molar-refractivity contribution in [2.24, 2.45) is 4.99 Å². The van der Waals surface area contributed by atoms with Gasteiger partial charge in [-0.3, -0.25) is 25.2 Å². The van der Waals surface area contributed by atoms with Gasteiger partial charge in [0, 0.05) is 18.3 Å². The average molecular weight is 310 g/mol. The molecule has 0 saturated heterocycles. The minimum Gasteiger partial charge on any atom is -0.293 e. The van der Waals surface area contributed by atoms with Crippen LogP contribution in [0.1, 0.15) is 20.3 Å². The van der Waals surface area contributed by atoms with E-state index in [1.807, 2.05) is 38.1 Å². The fourth-order valence-corrected chi connectivity index (χ4v) is 1.73. The van der Waals surface area contributed by atoms with E-state index in [4.69, 9.17) is 0 Å². The summed E-state index contributed by atoms with van der Waals surface area (Å²) < 4.78 is 0. The van der Waals surface area contributed by atoms with Gasteiger partial charge in [0.25, 0.3) is 0 Å². The first-order chi connectivity index (χ1) is 11.1. The molecule has 0 aliphatic heterocycles. The summed E-state index contributed by atoms with van der Waals surface area (Å²) in [6.45, 7) is 7.13. The number of allylic oxidation sites excluding steroid dienone is 3. The number of amides is 1. The largest absolute Gasteiger partial charge is 0.293 e. The first kappa shape index (κ1) is 16.3. The molecule has 2 N–H and O–H groups in total. The molecule has 0 fully saturated rings. The third kappa shape index (κ3) is 4.99. The lowest BCUT2D eigenvalue weighted by molar-refractivity contribution is -0.115. The molecule has 118 valence electrons. The molecule has 2 heterocycles. The highest BCUT2D eigenvalue weighted by atomic mass is 16.1. The molecule has 2 aromatic rings. The second-order valence-electron chi connectivity index (χ2n) is 4.93. The summed E-state index contributed by atoms with van der Waals surface area (Å²) in [7, 11) is 0. The van der Waals surface area contributed by atoms with Gasteiger partial charge in [-0.05, 0) is 38.8 Å². The lowest BCUT2D eigenvalue weighted by Crippen LogP contribution is -2.12. The first-order valence-corrected chi connectivity index (χ1v) is 7.03. The summed E-state index contributed by atoms with van der Waals surface area (Å²) in [6.07, 6.45) is 5.55. The second kappa shape index (κ2) is 7.79. The Morgan fingerprint density at radius 3 is 2.91 bits per heavy atom. The fraction of sp³-hybridized carbons (Fsp3) is 0.188. The van der Waals surface area contributed by atoms with Crippen LogP contribution in [0.2, 0.25) is 0 Å². The average Bonchev–Trinajstić information content (AvgIpc) is 3.01. The summed E-state index contributed by atoms with van der Waals surface area (Å²) in [6, 6.07) is 5.47. The zero-order valence-electron chi connectivity index (χ0n) is 13.1. The molecule has 7 nitrogen and oxygen atoms in total. The monoisotopic (exact) mass is 310 g/mol. The van der Waals surface area contributed by atoms with E-state index in [0.717, 1.165) is 11.3 Å². The van der Waals surface area contributed by atoms with Crippen molar-refractivity contribution < 1.29 is 4.79 Å². The maximum absolute atomic E-state index is 12.0. The van der Waals surface area contributed by atoms with Gasteiger partial charge >= 0.3 is 0 Å².